The van der Waals surface area contributed by atoms with E-state index in [4.69, 9.17) is 13.6 Å². The van der Waals surface area contributed by atoms with Crippen LogP contribution in [0.25, 0.3) is 0 Å². The standard InChI is InChI=1S/C28H41O4P/c1-11-30-33(29)31-27-23(18(6)7)12-21(16(2)3)14-25(27)20(10)26-15-22(17(4)5)13-24(19(8)9)28(26)32-33/h12-20H,11H2,1-10H3. The molecule has 0 amide bonds. The van der Waals surface area contributed by atoms with Gasteiger partial charge in [-0.3, -0.25) is 4.52 Å². The quantitative estimate of drug-likeness (QED) is 0.393. The van der Waals surface area contributed by atoms with Crippen molar-refractivity contribution in [3.8, 4) is 11.5 Å². The first-order chi connectivity index (χ1) is 15.4. The second kappa shape index (κ2) is 9.84. The highest BCUT2D eigenvalue weighted by atomic mass is 31.2. The summed E-state index contributed by atoms with van der Waals surface area (Å²) in [5.74, 6) is 2.44. The molecule has 3 rings (SSSR count). The number of phosphoric acid groups is 1. The van der Waals surface area contributed by atoms with Crippen LogP contribution in [0, 0.1) is 0 Å². The summed E-state index contributed by atoms with van der Waals surface area (Å²) < 4.78 is 32.1. The Morgan fingerprint density at radius 1 is 0.758 bits per heavy atom. The molecule has 0 saturated heterocycles. The molecule has 0 N–H and O–H groups in total. The molecule has 0 atom stereocenters. The monoisotopic (exact) mass is 472 g/mol. The smallest absolute Gasteiger partial charge is 0.394 e. The van der Waals surface area contributed by atoms with E-state index in [0.717, 1.165) is 22.3 Å². The first-order valence-electron chi connectivity index (χ1n) is 12.4. The largest absolute Gasteiger partial charge is 0.587 e. The molecule has 182 valence electrons. The molecule has 33 heavy (non-hydrogen) atoms. The normalized spacial score (nSPS) is 20.4. The van der Waals surface area contributed by atoms with E-state index >= 15 is 0 Å². The number of fused-ring (bicyclic) bond motifs is 2. The van der Waals surface area contributed by atoms with Crippen molar-refractivity contribution in [1.29, 1.82) is 0 Å². The van der Waals surface area contributed by atoms with Crippen molar-refractivity contribution in [3.05, 3.63) is 57.6 Å². The maximum Gasteiger partial charge on any atom is 0.587 e. The number of hydrogen-bond acceptors (Lipinski definition) is 4. The molecule has 4 nitrogen and oxygen atoms in total. The summed E-state index contributed by atoms with van der Waals surface area (Å²) >= 11 is 0. The lowest BCUT2D eigenvalue weighted by molar-refractivity contribution is 0.215. The Hall–Kier alpha value is -1.77. The molecule has 0 unspecified atom stereocenters. The predicted octanol–water partition coefficient (Wildman–Crippen LogP) is 9.25. The summed E-state index contributed by atoms with van der Waals surface area (Å²) in [5.41, 5.74) is 6.69. The van der Waals surface area contributed by atoms with Gasteiger partial charge in [0.2, 0.25) is 0 Å². The fourth-order valence-electron chi connectivity index (χ4n) is 4.40. The second-order valence-electron chi connectivity index (χ2n) is 10.4. The first kappa shape index (κ1) is 25.8. The van der Waals surface area contributed by atoms with Gasteiger partial charge in [0.25, 0.3) is 0 Å². The molecule has 0 aliphatic carbocycles. The Kier molecular flexibility index (Phi) is 7.71. The molecule has 2 aromatic rings. The third kappa shape index (κ3) is 5.17. The topological polar surface area (TPSA) is 44.8 Å². The van der Waals surface area contributed by atoms with E-state index in [1.54, 1.807) is 0 Å². The molecule has 0 saturated carbocycles. The molecule has 5 heteroatoms. The minimum Gasteiger partial charge on any atom is -0.394 e. The third-order valence-corrected chi connectivity index (χ3v) is 7.93. The van der Waals surface area contributed by atoms with E-state index in [2.05, 4.69) is 86.6 Å². The van der Waals surface area contributed by atoms with Gasteiger partial charge in [-0.15, -0.1) is 0 Å². The van der Waals surface area contributed by atoms with Crippen molar-refractivity contribution in [3.63, 3.8) is 0 Å². The van der Waals surface area contributed by atoms with Crippen LogP contribution >= 0.6 is 7.82 Å². The Morgan fingerprint density at radius 3 is 1.45 bits per heavy atom. The fourth-order valence-corrected chi connectivity index (χ4v) is 5.72. The number of rotatable bonds is 6. The average Bonchev–Trinajstić information content (AvgIpc) is 2.71. The molecule has 0 bridgehead atoms. The van der Waals surface area contributed by atoms with Gasteiger partial charge in [0, 0.05) is 17.0 Å². The fraction of sp³-hybridized carbons (Fsp3) is 0.571. The van der Waals surface area contributed by atoms with Gasteiger partial charge in [0.05, 0.1) is 6.61 Å². The summed E-state index contributed by atoms with van der Waals surface area (Å²) in [4.78, 5) is 0. The summed E-state index contributed by atoms with van der Waals surface area (Å²) in [6.45, 7) is 21.6. The van der Waals surface area contributed by atoms with Crippen LogP contribution in [-0.2, 0) is 9.09 Å². The van der Waals surface area contributed by atoms with Crippen LogP contribution in [-0.4, -0.2) is 6.61 Å². The molecule has 2 aromatic carbocycles. The Morgan fingerprint density at radius 2 is 1.15 bits per heavy atom. The zero-order chi connectivity index (χ0) is 24.7. The molecule has 1 aliphatic rings. The van der Waals surface area contributed by atoms with Crippen molar-refractivity contribution in [2.24, 2.45) is 0 Å². The van der Waals surface area contributed by atoms with Gasteiger partial charge >= 0.3 is 7.82 Å². The summed E-state index contributed by atoms with van der Waals surface area (Å²) in [5, 5.41) is 0. The minimum absolute atomic E-state index is 0.0118. The van der Waals surface area contributed by atoms with Crippen LogP contribution in [0.3, 0.4) is 0 Å². The lowest BCUT2D eigenvalue weighted by atomic mass is 9.82. The van der Waals surface area contributed by atoms with Crippen LogP contribution in [0.1, 0.15) is 132 Å². The number of hydrogen-bond donors (Lipinski definition) is 0. The van der Waals surface area contributed by atoms with Crippen molar-refractivity contribution in [2.75, 3.05) is 6.61 Å². The van der Waals surface area contributed by atoms with E-state index in [9.17, 15) is 4.57 Å². The van der Waals surface area contributed by atoms with Gasteiger partial charge in [-0.05, 0) is 52.8 Å². The van der Waals surface area contributed by atoms with E-state index in [1.165, 1.54) is 11.1 Å². The van der Waals surface area contributed by atoms with Gasteiger partial charge in [0.1, 0.15) is 11.5 Å². The summed E-state index contributed by atoms with van der Waals surface area (Å²) in [7, 11) is -3.89. The van der Waals surface area contributed by atoms with Gasteiger partial charge in [-0.25, -0.2) is 4.57 Å². The van der Waals surface area contributed by atoms with Crippen molar-refractivity contribution in [1.82, 2.24) is 0 Å². The highest BCUT2D eigenvalue weighted by molar-refractivity contribution is 7.49. The lowest BCUT2D eigenvalue weighted by Gasteiger charge is -2.32. The van der Waals surface area contributed by atoms with Crippen molar-refractivity contribution >= 4 is 7.82 Å². The van der Waals surface area contributed by atoms with Crippen molar-refractivity contribution in [2.45, 2.75) is 98.8 Å². The molecule has 0 spiro atoms. The lowest BCUT2D eigenvalue weighted by Crippen LogP contribution is -2.16. The Labute approximate surface area is 200 Å². The molecule has 0 radical (unpaired) electrons. The number of benzene rings is 2. The van der Waals surface area contributed by atoms with E-state index in [0.29, 0.717) is 23.3 Å². The Balaban J connectivity index is 2.43. The minimum atomic E-state index is -3.89. The van der Waals surface area contributed by atoms with Gasteiger partial charge in [0.15, 0.2) is 0 Å². The SMILES string of the molecule is CCOP1(=O)Oc2c(C(C)C)cc(C(C)C)cc2C(C)c2cc(C(C)C)cc(C(C)C)c2O1. The first-order valence-corrected chi connectivity index (χ1v) is 13.8. The highest BCUT2D eigenvalue weighted by Gasteiger charge is 2.39. The summed E-state index contributed by atoms with van der Waals surface area (Å²) in [6.07, 6.45) is 0. The zero-order valence-electron chi connectivity index (χ0n) is 22.0. The highest BCUT2D eigenvalue weighted by Crippen LogP contribution is 2.58. The maximum absolute atomic E-state index is 14.0. The van der Waals surface area contributed by atoms with E-state index in [-0.39, 0.29) is 24.4 Å². The van der Waals surface area contributed by atoms with Crippen LogP contribution in [0.2, 0.25) is 0 Å². The van der Waals surface area contributed by atoms with E-state index in [1.807, 2.05) is 6.92 Å². The third-order valence-electron chi connectivity index (χ3n) is 6.54. The molecule has 1 heterocycles. The van der Waals surface area contributed by atoms with Gasteiger partial charge in [-0.2, -0.15) is 0 Å². The molecule has 1 aliphatic heterocycles. The van der Waals surface area contributed by atoms with Crippen LogP contribution in [0.5, 0.6) is 11.5 Å². The van der Waals surface area contributed by atoms with Crippen LogP contribution in [0.4, 0.5) is 0 Å². The Bertz CT molecular complexity index is 975. The van der Waals surface area contributed by atoms with Gasteiger partial charge < -0.3 is 9.05 Å². The summed E-state index contributed by atoms with van der Waals surface area (Å²) in [6, 6.07) is 8.81. The molecular formula is C28H41O4P. The van der Waals surface area contributed by atoms with Crippen LogP contribution < -0.4 is 9.05 Å². The zero-order valence-corrected chi connectivity index (χ0v) is 22.9. The average molecular weight is 473 g/mol. The molecular weight excluding hydrogens is 431 g/mol. The van der Waals surface area contributed by atoms with Crippen molar-refractivity contribution < 1.29 is 18.1 Å². The second-order valence-corrected chi connectivity index (χ2v) is 12.0. The maximum atomic E-state index is 14.0. The predicted molar refractivity (Wildman–Crippen MR) is 137 cm³/mol. The van der Waals surface area contributed by atoms with Crippen LogP contribution in [0.15, 0.2) is 24.3 Å². The van der Waals surface area contributed by atoms with Gasteiger partial charge in [-0.1, -0.05) is 86.6 Å². The molecule has 0 fully saturated rings. The molecule has 0 aromatic heterocycles. The number of phosphoric ester groups is 1. The van der Waals surface area contributed by atoms with E-state index < -0.39 is 7.82 Å².